The number of aliphatic hydroxyl groups excluding tert-OH is 1. The molecule has 4 rings (SSSR count). The van der Waals surface area contributed by atoms with Crippen molar-refractivity contribution in [3.8, 4) is 5.75 Å². The molecule has 1 aromatic carbocycles. The number of anilines is 1. The van der Waals surface area contributed by atoms with Gasteiger partial charge < -0.3 is 29.3 Å². The zero-order valence-electron chi connectivity index (χ0n) is 22.6. The number of unbranched alkanes of at least 4 members (excludes halogenated alkanes) is 1. The van der Waals surface area contributed by atoms with Crippen LogP contribution < -0.4 is 9.64 Å². The Kier molecular flexibility index (Phi) is 7.99. The minimum Gasteiger partial charge on any atom is -0.497 e. The first kappa shape index (κ1) is 27.9. The standard InChI is InChI=1S/C29H39N3O6/c1-6-16-30(4)25(34)22-23-26(35)32(18-8-9-19-33)24(29(23)15-14-28(22,3)38-29)27(36)31(17-7-2)20-10-12-21(37-5)13-11-20/h6-7,10-13,22-24,33H,1-2,8-9,14-19H2,3-5H3/t22-,23+,24?,28+,29?/m1/s1. The number of rotatable bonds is 12. The van der Waals surface area contributed by atoms with E-state index in [9.17, 15) is 19.5 Å². The SMILES string of the molecule is C=CCN(C)C(=O)[C@H]1[C@H]2C(=O)N(CCCCO)C(C(=O)N(CC=C)c3ccc(OC)cc3)C23CC[C@]1(C)O3. The predicted octanol–water partition coefficient (Wildman–Crippen LogP) is 2.40. The molecule has 3 heterocycles. The molecule has 1 spiro atoms. The largest absolute Gasteiger partial charge is 0.497 e. The molecule has 0 saturated carbocycles. The van der Waals surface area contributed by atoms with Crippen LogP contribution in [0.2, 0.25) is 0 Å². The van der Waals surface area contributed by atoms with E-state index in [1.165, 1.54) is 0 Å². The van der Waals surface area contributed by atoms with E-state index in [4.69, 9.17) is 9.47 Å². The fourth-order valence-electron chi connectivity index (χ4n) is 6.60. The van der Waals surface area contributed by atoms with Gasteiger partial charge in [-0.2, -0.15) is 0 Å². The molecular weight excluding hydrogens is 486 g/mol. The first-order valence-corrected chi connectivity index (χ1v) is 13.2. The number of fused-ring (bicyclic) bond motifs is 1. The molecule has 2 bridgehead atoms. The average molecular weight is 526 g/mol. The lowest BCUT2D eigenvalue weighted by molar-refractivity contribution is -0.149. The molecule has 3 amide bonds. The highest BCUT2D eigenvalue weighted by atomic mass is 16.5. The predicted molar refractivity (Wildman–Crippen MR) is 144 cm³/mol. The summed E-state index contributed by atoms with van der Waals surface area (Å²) in [4.78, 5) is 47.0. The van der Waals surface area contributed by atoms with Gasteiger partial charge in [0.05, 0.1) is 24.5 Å². The number of methoxy groups -OCH3 is 1. The second-order valence-electron chi connectivity index (χ2n) is 10.6. The van der Waals surface area contributed by atoms with Gasteiger partial charge in [-0.3, -0.25) is 14.4 Å². The van der Waals surface area contributed by atoms with E-state index in [-0.39, 0.29) is 30.9 Å². The summed E-state index contributed by atoms with van der Waals surface area (Å²) in [5.41, 5.74) is -1.30. The fraction of sp³-hybridized carbons (Fsp3) is 0.552. The number of nitrogens with zero attached hydrogens (tertiary/aromatic N) is 3. The normalized spacial score (nSPS) is 29.2. The molecular formula is C29H39N3O6. The van der Waals surface area contributed by atoms with Gasteiger partial charge in [0.15, 0.2) is 0 Å². The van der Waals surface area contributed by atoms with E-state index in [1.54, 1.807) is 65.3 Å². The van der Waals surface area contributed by atoms with Crippen molar-refractivity contribution in [1.29, 1.82) is 0 Å². The lowest BCUT2D eigenvalue weighted by Crippen LogP contribution is -2.56. The van der Waals surface area contributed by atoms with Gasteiger partial charge in [-0.05, 0) is 56.9 Å². The molecule has 9 nitrogen and oxygen atoms in total. The van der Waals surface area contributed by atoms with Crippen LogP contribution in [0.1, 0.15) is 32.6 Å². The van der Waals surface area contributed by atoms with Crippen molar-refractivity contribution in [2.24, 2.45) is 11.8 Å². The highest BCUT2D eigenvalue weighted by Gasteiger charge is 2.78. The molecule has 5 atom stereocenters. The zero-order chi connectivity index (χ0) is 27.7. The van der Waals surface area contributed by atoms with Gasteiger partial charge in [-0.15, -0.1) is 13.2 Å². The fourth-order valence-corrected chi connectivity index (χ4v) is 6.60. The molecule has 38 heavy (non-hydrogen) atoms. The molecule has 3 aliphatic rings. The van der Waals surface area contributed by atoms with E-state index in [1.807, 2.05) is 6.92 Å². The van der Waals surface area contributed by atoms with Gasteiger partial charge in [-0.1, -0.05) is 12.2 Å². The smallest absolute Gasteiger partial charge is 0.253 e. The number of aliphatic hydroxyl groups is 1. The summed E-state index contributed by atoms with van der Waals surface area (Å²) in [6, 6.07) is 6.26. The molecule has 0 aromatic heterocycles. The van der Waals surface area contributed by atoms with Gasteiger partial charge in [0.2, 0.25) is 11.8 Å². The van der Waals surface area contributed by atoms with Crippen molar-refractivity contribution in [2.45, 2.75) is 49.9 Å². The van der Waals surface area contributed by atoms with Crippen LogP contribution in [-0.4, -0.2) is 90.3 Å². The number of carbonyl (C=O) groups excluding carboxylic acids is 3. The van der Waals surface area contributed by atoms with Crippen molar-refractivity contribution < 1.29 is 29.0 Å². The van der Waals surface area contributed by atoms with Gasteiger partial charge in [0, 0.05) is 39.0 Å². The minimum atomic E-state index is -1.11. The summed E-state index contributed by atoms with van der Waals surface area (Å²) in [5, 5.41) is 9.37. The number of ether oxygens (including phenoxy) is 2. The molecule has 1 aromatic rings. The van der Waals surface area contributed by atoms with Crippen LogP contribution in [-0.2, 0) is 19.1 Å². The number of amides is 3. The Labute approximate surface area is 224 Å². The molecule has 3 aliphatic heterocycles. The minimum absolute atomic E-state index is 0.00825. The highest BCUT2D eigenvalue weighted by Crippen LogP contribution is 2.63. The van der Waals surface area contributed by atoms with E-state index >= 15 is 0 Å². The molecule has 2 unspecified atom stereocenters. The van der Waals surface area contributed by atoms with Gasteiger partial charge in [0.25, 0.3) is 5.91 Å². The summed E-state index contributed by atoms with van der Waals surface area (Å²) in [6.45, 7) is 10.3. The number of carbonyl (C=O) groups is 3. The van der Waals surface area contributed by atoms with Crippen molar-refractivity contribution in [1.82, 2.24) is 9.80 Å². The van der Waals surface area contributed by atoms with Crippen molar-refractivity contribution >= 4 is 23.4 Å². The zero-order valence-corrected chi connectivity index (χ0v) is 22.6. The number of benzene rings is 1. The van der Waals surface area contributed by atoms with Crippen LogP contribution in [0.3, 0.4) is 0 Å². The molecule has 3 saturated heterocycles. The third-order valence-corrected chi connectivity index (χ3v) is 8.32. The van der Waals surface area contributed by atoms with Crippen molar-refractivity contribution in [3.05, 3.63) is 49.6 Å². The second-order valence-corrected chi connectivity index (χ2v) is 10.6. The third kappa shape index (κ3) is 4.41. The summed E-state index contributed by atoms with van der Waals surface area (Å²) in [7, 11) is 3.27. The van der Waals surface area contributed by atoms with Gasteiger partial charge in [0.1, 0.15) is 17.4 Å². The Balaban J connectivity index is 1.77. The number of hydrogen-bond donors (Lipinski definition) is 1. The molecule has 1 N–H and O–H groups in total. The number of hydrogen-bond acceptors (Lipinski definition) is 6. The molecule has 206 valence electrons. The molecule has 0 radical (unpaired) electrons. The summed E-state index contributed by atoms with van der Waals surface area (Å²) >= 11 is 0. The van der Waals surface area contributed by atoms with E-state index in [2.05, 4.69) is 13.2 Å². The quantitative estimate of drug-likeness (QED) is 0.332. The number of likely N-dealkylation sites (tertiary alicyclic amines) is 1. The maximum absolute atomic E-state index is 14.4. The molecule has 9 heteroatoms. The topological polar surface area (TPSA) is 99.6 Å². The first-order valence-electron chi connectivity index (χ1n) is 13.2. The summed E-state index contributed by atoms with van der Waals surface area (Å²) in [5.74, 6) is -1.47. The van der Waals surface area contributed by atoms with Crippen LogP contribution >= 0.6 is 0 Å². The maximum Gasteiger partial charge on any atom is 0.253 e. The Bertz CT molecular complexity index is 1090. The van der Waals surface area contributed by atoms with Crippen molar-refractivity contribution in [3.63, 3.8) is 0 Å². The Morgan fingerprint density at radius 1 is 1.16 bits per heavy atom. The van der Waals surface area contributed by atoms with Gasteiger partial charge >= 0.3 is 0 Å². The van der Waals surface area contributed by atoms with Crippen LogP contribution in [0.4, 0.5) is 5.69 Å². The summed E-state index contributed by atoms with van der Waals surface area (Å²) < 4.78 is 12.0. The van der Waals surface area contributed by atoms with Crippen LogP contribution in [0, 0.1) is 11.8 Å². The van der Waals surface area contributed by atoms with Gasteiger partial charge in [-0.25, -0.2) is 0 Å². The van der Waals surface area contributed by atoms with Crippen molar-refractivity contribution in [2.75, 3.05) is 45.3 Å². The Hall–Kier alpha value is -3.17. The van der Waals surface area contributed by atoms with E-state index < -0.39 is 29.1 Å². The highest BCUT2D eigenvalue weighted by molar-refractivity contribution is 6.05. The van der Waals surface area contributed by atoms with Crippen LogP contribution in [0.5, 0.6) is 5.75 Å². The maximum atomic E-state index is 14.4. The van der Waals surface area contributed by atoms with Crippen LogP contribution in [0.15, 0.2) is 49.6 Å². The summed E-state index contributed by atoms with van der Waals surface area (Å²) in [6.07, 6.45) is 5.41. The average Bonchev–Trinajstić information content (AvgIpc) is 3.47. The third-order valence-electron chi connectivity index (χ3n) is 8.32. The monoisotopic (exact) mass is 525 g/mol. The molecule has 3 fully saturated rings. The lowest BCUT2D eigenvalue weighted by Gasteiger charge is -2.37. The molecule has 0 aliphatic carbocycles. The Morgan fingerprint density at radius 2 is 1.84 bits per heavy atom. The van der Waals surface area contributed by atoms with E-state index in [0.29, 0.717) is 50.2 Å². The Morgan fingerprint density at radius 3 is 2.45 bits per heavy atom. The first-order chi connectivity index (χ1) is 18.2. The second kappa shape index (κ2) is 10.9. The van der Waals surface area contributed by atoms with E-state index in [0.717, 1.165) is 0 Å². The lowest BCUT2D eigenvalue weighted by atomic mass is 9.66. The number of likely N-dealkylation sites (N-methyl/N-ethyl adjacent to an activating group) is 1. The van der Waals surface area contributed by atoms with Crippen LogP contribution in [0.25, 0.3) is 0 Å².